The topological polar surface area (TPSA) is 149 Å². The number of amides is 2. The van der Waals surface area contributed by atoms with Gasteiger partial charge in [-0.1, -0.05) is 0 Å². The Bertz CT molecular complexity index is 505. The minimum atomic E-state index is -1.35. The van der Waals surface area contributed by atoms with Crippen LogP contribution in [-0.4, -0.2) is 93.8 Å². The molecule has 0 aromatic heterocycles. The molecule has 0 radical (unpaired) electrons. The second-order valence-corrected chi connectivity index (χ2v) is 6.97. The molecule has 2 fully saturated rings. The predicted molar refractivity (Wildman–Crippen MR) is 92.1 cm³/mol. The first kappa shape index (κ1) is 22.0. The number of hydrogen-bond acceptors (Lipinski definition) is 8. The van der Waals surface area contributed by atoms with Gasteiger partial charge in [-0.3, -0.25) is 9.59 Å². The molecule has 0 saturated carbocycles. The Balaban J connectivity index is 1.77. The first-order valence-electron chi connectivity index (χ1n) is 9.33. The molecule has 2 heterocycles. The highest BCUT2D eigenvalue weighted by Gasteiger charge is 2.45. The number of aliphatic hydroxyl groups excluding tert-OH is 4. The lowest BCUT2D eigenvalue weighted by molar-refractivity contribution is -0.270. The first-order valence-corrected chi connectivity index (χ1v) is 9.33. The molecule has 0 aromatic carbocycles. The molecular weight excluding hydrogens is 360 g/mol. The number of carbonyl (C=O) groups is 2. The van der Waals surface area contributed by atoms with E-state index in [1.54, 1.807) is 0 Å². The van der Waals surface area contributed by atoms with Gasteiger partial charge in [-0.15, -0.1) is 0 Å². The summed E-state index contributed by atoms with van der Waals surface area (Å²) in [6, 6.07) is -0.971. The average Bonchev–Trinajstić information content (AvgIpc) is 3.06. The van der Waals surface area contributed by atoms with Crippen molar-refractivity contribution >= 4 is 11.8 Å². The molecule has 2 rings (SSSR count). The van der Waals surface area contributed by atoms with Gasteiger partial charge in [0.15, 0.2) is 6.29 Å². The highest BCUT2D eigenvalue weighted by molar-refractivity contribution is 5.76. The van der Waals surface area contributed by atoms with E-state index in [0.717, 1.165) is 6.42 Å². The molecule has 2 aliphatic rings. The van der Waals surface area contributed by atoms with Crippen LogP contribution in [0.15, 0.2) is 0 Å². The van der Waals surface area contributed by atoms with Crippen LogP contribution in [-0.2, 0) is 19.1 Å². The van der Waals surface area contributed by atoms with E-state index in [1.807, 2.05) is 0 Å². The highest BCUT2D eigenvalue weighted by Crippen LogP contribution is 2.22. The fourth-order valence-electron chi connectivity index (χ4n) is 3.37. The van der Waals surface area contributed by atoms with Crippen LogP contribution in [0, 0.1) is 0 Å². The van der Waals surface area contributed by atoms with Crippen LogP contribution >= 0.6 is 0 Å². The lowest BCUT2D eigenvalue weighted by Gasteiger charge is -2.42. The molecule has 2 saturated heterocycles. The molecule has 2 amide bonds. The smallest absolute Gasteiger partial charge is 0.224 e. The van der Waals surface area contributed by atoms with Crippen LogP contribution < -0.4 is 5.32 Å². The number of hydrogen-bond donors (Lipinski definition) is 5. The number of carbonyl (C=O) groups excluding carboxylic acids is 2. The molecule has 10 nitrogen and oxygen atoms in total. The summed E-state index contributed by atoms with van der Waals surface area (Å²) in [5, 5.41) is 41.5. The van der Waals surface area contributed by atoms with E-state index < -0.39 is 49.4 Å². The maximum atomic E-state index is 12.0. The van der Waals surface area contributed by atoms with Crippen molar-refractivity contribution in [3.8, 4) is 0 Å². The highest BCUT2D eigenvalue weighted by atomic mass is 16.7. The standard InChI is InChI=1S/C17H30N2O8/c1-10(21)18-14-16(25)15(24)11(9-20)27-17(14)26-8-3-2-5-12(22)19-7-4-6-13(19)23/h11,13-17,20,23-25H,2-9H2,1H3,(H,18,21)/t11?,13-,14?,15?,16?,17?/m1/s1. The van der Waals surface area contributed by atoms with Crippen molar-refractivity contribution in [2.24, 2.45) is 0 Å². The Labute approximate surface area is 158 Å². The number of aliphatic hydroxyl groups is 4. The second kappa shape index (κ2) is 10.3. The summed E-state index contributed by atoms with van der Waals surface area (Å²) in [6.45, 7) is 1.55. The third-order valence-corrected chi connectivity index (χ3v) is 4.86. The van der Waals surface area contributed by atoms with Gasteiger partial charge in [-0.2, -0.15) is 0 Å². The molecule has 0 aromatic rings. The van der Waals surface area contributed by atoms with Crippen LogP contribution in [0.25, 0.3) is 0 Å². The summed E-state index contributed by atoms with van der Waals surface area (Å²) in [7, 11) is 0. The second-order valence-electron chi connectivity index (χ2n) is 6.97. The largest absolute Gasteiger partial charge is 0.394 e. The molecule has 2 aliphatic heterocycles. The maximum Gasteiger partial charge on any atom is 0.224 e. The molecule has 0 bridgehead atoms. The van der Waals surface area contributed by atoms with Crippen molar-refractivity contribution in [1.29, 1.82) is 0 Å². The number of nitrogens with one attached hydrogen (secondary N) is 1. The number of rotatable bonds is 8. The van der Waals surface area contributed by atoms with E-state index in [2.05, 4.69) is 5.32 Å². The van der Waals surface area contributed by atoms with Crippen molar-refractivity contribution in [2.75, 3.05) is 19.8 Å². The molecule has 27 heavy (non-hydrogen) atoms. The third kappa shape index (κ3) is 5.84. The normalized spacial score (nSPS) is 33.9. The van der Waals surface area contributed by atoms with E-state index in [4.69, 9.17) is 9.47 Å². The summed E-state index contributed by atoms with van der Waals surface area (Å²) < 4.78 is 11.0. The van der Waals surface area contributed by atoms with Gasteiger partial charge in [-0.05, 0) is 25.7 Å². The number of unbranched alkanes of at least 4 members (excludes halogenated alkanes) is 1. The van der Waals surface area contributed by atoms with Crippen LogP contribution in [0.2, 0.25) is 0 Å². The summed E-state index contributed by atoms with van der Waals surface area (Å²) in [4.78, 5) is 24.8. The quantitative estimate of drug-likeness (QED) is 0.301. The van der Waals surface area contributed by atoms with Gasteiger partial charge in [0.1, 0.15) is 30.6 Å². The third-order valence-electron chi connectivity index (χ3n) is 4.86. The zero-order valence-electron chi connectivity index (χ0n) is 15.5. The van der Waals surface area contributed by atoms with Crippen LogP contribution in [0.1, 0.15) is 39.0 Å². The zero-order valence-corrected chi connectivity index (χ0v) is 15.5. The predicted octanol–water partition coefficient (Wildman–Crippen LogP) is -1.94. The minimum Gasteiger partial charge on any atom is -0.394 e. The molecule has 5 unspecified atom stereocenters. The van der Waals surface area contributed by atoms with Crippen LogP contribution in [0.3, 0.4) is 0 Å². The van der Waals surface area contributed by atoms with E-state index in [-0.39, 0.29) is 12.5 Å². The number of nitrogens with zero attached hydrogens (tertiary/aromatic N) is 1. The lowest BCUT2D eigenvalue weighted by atomic mass is 9.97. The molecule has 156 valence electrons. The van der Waals surface area contributed by atoms with Crippen molar-refractivity contribution in [3.05, 3.63) is 0 Å². The first-order chi connectivity index (χ1) is 12.8. The Hall–Kier alpha value is -1.30. The molecular formula is C17H30N2O8. The summed E-state index contributed by atoms with van der Waals surface area (Å²) in [6.07, 6.45) is -2.64. The number of ether oxygens (including phenoxy) is 2. The van der Waals surface area contributed by atoms with Crippen LogP contribution in [0.5, 0.6) is 0 Å². The molecule has 5 N–H and O–H groups in total. The Morgan fingerprint density at radius 1 is 1.22 bits per heavy atom. The van der Waals surface area contributed by atoms with E-state index in [0.29, 0.717) is 32.2 Å². The van der Waals surface area contributed by atoms with E-state index >= 15 is 0 Å². The Kier molecular flexibility index (Phi) is 8.39. The van der Waals surface area contributed by atoms with E-state index in [1.165, 1.54) is 11.8 Å². The van der Waals surface area contributed by atoms with Gasteiger partial charge < -0.3 is 40.1 Å². The van der Waals surface area contributed by atoms with Gasteiger partial charge in [0.2, 0.25) is 11.8 Å². The van der Waals surface area contributed by atoms with Crippen molar-refractivity contribution in [2.45, 2.75) is 75.9 Å². The molecule has 0 aliphatic carbocycles. The average molecular weight is 390 g/mol. The van der Waals surface area contributed by atoms with Gasteiger partial charge in [0.25, 0.3) is 0 Å². The van der Waals surface area contributed by atoms with Crippen LogP contribution in [0.4, 0.5) is 0 Å². The molecule has 10 heteroatoms. The minimum absolute atomic E-state index is 0.0936. The fraction of sp³-hybridized carbons (Fsp3) is 0.882. The summed E-state index contributed by atoms with van der Waals surface area (Å²) in [5.41, 5.74) is 0. The lowest BCUT2D eigenvalue weighted by Crippen LogP contribution is -2.64. The zero-order chi connectivity index (χ0) is 20.0. The summed E-state index contributed by atoms with van der Waals surface area (Å²) in [5.74, 6) is -0.510. The van der Waals surface area contributed by atoms with Gasteiger partial charge >= 0.3 is 0 Å². The summed E-state index contributed by atoms with van der Waals surface area (Å²) >= 11 is 0. The van der Waals surface area contributed by atoms with Gasteiger partial charge in [0.05, 0.1) is 6.61 Å². The SMILES string of the molecule is CC(=O)NC1C(OCCCCC(=O)N2CCC[C@H]2O)OC(CO)C(O)C1O. The fourth-order valence-corrected chi connectivity index (χ4v) is 3.37. The molecule has 0 spiro atoms. The van der Waals surface area contributed by atoms with Crippen molar-refractivity contribution in [1.82, 2.24) is 10.2 Å². The van der Waals surface area contributed by atoms with Gasteiger partial charge in [-0.25, -0.2) is 0 Å². The Morgan fingerprint density at radius 2 is 1.96 bits per heavy atom. The Morgan fingerprint density at radius 3 is 2.56 bits per heavy atom. The molecule has 6 atom stereocenters. The van der Waals surface area contributed by atoms with Gasteiger partial charge in [0, 0.05) is 26.5 Å². The maximum absolute atomic E-state index is 12.0. The monoisotopic (exact) mass is 390 g/mol. The van der Waals surface area contributed by atoms with Crippen molar-refractivity contribution in [3.63, 3.8) is 0 Å². The van der Waals surface area contributed by atoms with E-state index in [9.17, 15) is 30.0 Å². The number of likely N-dealkylation sites (tertiary alicyclic amines) is 1. The van der Waals surface area contributed by atoms with Crippen molar-refractivity contribution < 1.29 is 39.5 Å².